The van der Waals surface area contributed by atoms with Crippen LogP contribution in [0, 0.1) is 0 Å². The summed E-state index contributed by atoms with van der Waals surface area (Å²) in [5, 5.41) is 0. The van der Waals surface area contributed by atoms with Crippen LogP contribution in [0.1, 0.15) is 12.0 Å². The molecular weight excluding hydrogens is 242 g/mol. The zero-order valence-corrected chi connectivity index (χ0v) is 9.80. The molecule has 0 bridgehead atoms. The molecule has 0 heterocycles. The first kappa shape index (κ1) is 11.3. The zero-order chi connectivity index (χ0) is 10.6. The van der Waals surface area contributed by atoms with Gasteiger partial charge in [0.2, 0.25) is 0 Å². The van der Waals surface area contributed by atoms with Crippen LogP contribution >= 0.6 is 15.9 Å². The fourth-order valence-electron chi connectivity index (χ4n) is 1.25. The first-order valence-corrected chi connectivity index (χ1v) is 5.20. The molecule has 0 spiro atoms. The summed E-state index contributed by atoms with van der Waals surface area (Å²) in [5.74, 6) is 0.820. The summed E-state index contributed by atoms with van der Waals surface area (Å²) in [6.07, 6.45) is 0.797. The number of hydrogen-bond donors (Lipinski definition) is 1. The maximum Gasteiger partial charge on any atom is 0.133 e. The molecule has 2 nitrogen and oxygen atoms in total. The highest BCUT2D eigenvalue weighted by Crippen LogP contribution is 2.32. The third-order valence-electron chi connectivity index (χ3n) is 2.01. The van der Waals surface area contributed by atoms with Gasteiger partial charge >= 0.3 is 0 Å². The number of rotatable bonds is 4. The Morgan fingerprint density at radius 2 is 2.29 bits per heavy atom. The summed E-state index contributed by atoms with van der Waals surface area (Å²) >= 11 is 3.49. The predicted octanol–water partition coefficient (Wildman–Crippen LogP) is 2.82. The molecule has 0 aliphatic rings. The number of methoxy groups -OCH3 is 1. The van der Waals surface area contributed by atoms with E-state index >= 15 is 0 Å². The summed E-state index contributed by atoms with van der Waals surface area (Å²) in [7, 11) is 1.65. The van der Waals surface area contributed by atoms with Crippen LogP contribution in [0.5, 0.6) is 5.75 Å². The van der Waals surface area contributed by atoms with Gasteiger partial charge in [-0.25, -0.2) is 0 Å². The molecule has 1 aromatic carbocycles. The van der Waals surface area contributed by atoms with Crippen LogP contribution in [-0.2, 0) is 0 Å². The molecule has 0 saturated heterocycles. The van der Waals surface area contributed by atoms with Gasteiger partial charge in [0.15, 0.2) is 0 Å². The molecule has 0 unspecified atom stereocenters. The zero-order valence-electron chi connectivity index (χ0n) is 8.22. The Bertz CT molecular complexity index is 336. The number of halogens is 1. The highest BCUT2D eigenvalue weighted by atomic mass is 79.9. The molecule has 0 saturated carbocycles. The number of ether oxygens (including phenoxy) is 1. The molecule has 14 heavy (non-hydrogen) atoms. The van der Waals surface area contributed by atoms with Crippen LogP contribution in [0.25, 0.3) is 5.57 Å². The van der Waals surface area contributed by atoms with Crippen molar-refractivity contribution >= 4 is 21.5 Å². The number of nitrogens with two attached hydrogens (primary N) is 1. The van der Waals surface area contributed by atoms with Gasteiger partial charge in [0.25, 0.3) is 0 Å². The Hall–Kier alpha value is -0.800. The standard InChI is InChI=1S/C11H14BrNO/c1-8(6-7-13)9-4-3-5-10(14-2)11(9)12/h3-5H,1,6-7,13H2,2H3. The summed E-state index contributed by atoms with van der Waals surface area (Å²) in [6, 6.07) is 5.86. The van der Waals surface area contributed by atoms with Gasteiger partial charge in [-0.15, -0.1) is 0 Å². The van der Waals surface area contributed by atoms with E-state index in [1.165, 1.54) is 0 Å². The maximum absolute atomic E-state index is 5.48. The van der Waals surface area contributed by atoms with Gasteiger partial charge in [0.1, 0.15) is 5.75 Å². The van der Waals surface area contributed by atoms with Crippen LogP contribution in [-0.4, -0.2) is 13.7 Å². The van der Waals surface area contributed by atoms with Crippen molar-refractivity contribution in [3.63, 3.8) is 0 Å². The van der Waals surface area contributed by atoms with Crippen LogP contribution in [0.3, 0.4) is 0 Å². The average molecular weight is 256 g/mol. The van der Waals surface area contributed by atoms with Crippen molar-refractivity contribution in [1.82, 2.24) is 0 Å². The largest absolute Gasteiger partial charge is 0.496 e. The predicted molar refractivity (Wildman–Crippen MR) is 63.4 cm³/mol. The second-order valence-electron chi connectivity index (χ2n) is 2.96. The van der Waals surface area contributed by atoms with E-state index in [9.17, 15) is 0 Å². The minimum Gasteiger partial charge on any atom is -0.496 e. The van der Waals surface area contributed by atoms with Gasteiger partial charge < -0.3 is 10.5 Å². The van der Waals surface area contributed by atoms with Crippen molar-refractivity contribution < 1.29 is 4.74 Å². The summed E-state index contributed by atoms with van der Waals surface area (Å²) in [5.41, 5.74) is 7.57. The topological polar surface area (TPSA) is 35.2 Å². The van der Waals surface area contributed by atoms with Crippen molar-refractivity contribution in [3.8, 4) is 5.75 Å². The van der Waals surface area contributed by atoms with E-state index in [-0.39, 0.29) is 0 Å². The summed E-state index contributed by atoms with van der Waals surface area (Å²) in [4.78, 5) is 0. The molecule has 1 aromatic rings. The van der Waals surface area contributed by atoms with Crippen LogP contribution < -0.4 is 10.5 Å². The minimum absolute atomic E-state index is 0.614. The highest BCUT2D eigenvalue weighted by Gasteiger charge is 2.07. The molecule has 0 aliphatic carbocycles. The van der Waals surface area contributed by atoms with E-state index in [1.807, 2.05) is 18.2 Å². The fraction of sp³-hybridized carbons (Fsp3) is 0.273. The monoisotopic (exact) mass is 255 g/mol. The van der Waals surface area contributed by atoms with Crippen LogP contribution in [0.15, 0.2) is 29.3 Å². The van der Waals surface area contributed by atoms with E-state index < -0.39 is 0 Å². The molecule has 0 fully saturated rings. The van der Waals surface area contributed by atoms with Crippen LogP contribution in [0.4, 0.5) is 0 Å². The van der Waals surface area contributed by atoms with Gasteiger partial charge in [-0.3, -0.25) is 0 Å². The van der Waals surface area contributed by atoms with Crippen LogP contribution in [0.2, 0.25) is 0 Å². The second-order valence-corrected chi connectivity index (χ2v) is 3.76. The van der Waals surface area contributed by atoms with Crippen molar-refractivity contribution in [2.24, 2.45) is 5.73 Å². The second kappa shape index (κ2) is 5.17. The molecule has 0 radical (unpaired) electrons. The quantitative estimate of drug-likeness (QED) is 0.899. The Labute approximate surface area is 92.9 Å². The normalized spacial score (nSPS) is 9.93. The molecule has 0 amide bonds. The van der Waals surface area contributed by atoms with Gasteiger partial charge in [-0.2, -0.15) is 0 Å². The van der Waals surface area contributed by atoms with Crippen molar-refractivity contribution in [2.45, 2.75) is 6.42 Å². The molecule has 0 atom stereocenters. The van der Waals surface area contributed by atoms with Crippen molar-refractivity contribution in [2.75, 3.05) is 13.7 Å². The third kappa shape index (κ3) is 2.36. The maximum atomic E-state index is 5.48. The molecule has 0 aliphatic heterocycles. The molecule has 0 aromatic heterocycles. The lowest BCUT2D eigenvalue weighted by Crippen LogP contribution is -2.00. The molecule has 1 rings (SSSR count). The lowest BCUT2D eigenvalue weighted by atomic mass is 10.0. The Balaban J connectivity index is 3.03. The minimum atomic E-state index is 0.614. The Morgan fingerprint density at radius 1 is 1.57 bits per heavy atom. The van der Waals surface area contributed by atoms with Gasteiger partial charge in [0, 0.05) is 0 Å². The summed E-state index contributed by atoms with van der Waals surface area (Å²) in [6.45, 7) is 4.60. The SMILES string of the molecule is C=C(CCN)c1cccc(OC)c1Br. The van der Waals surface area contributed by atoms with E-state index in [2.05, 4.69) is 22.5 Å². The third-order valence-corrected chi connectivity index (χ3v) is 2.83. The lowest BCUT2D eigenvalue weighted by molar-refractivity contribution is 0.412. The molecular formula is C11H14BrNO. The van der Waals surface area contributed by atoms with Gasteiger partial charge in [-0.05, 0) is 46.1 Å². The number of hydrogen-bond acceptors (Lipinski definition) is 2. The summed E-state index contributed by atoms with van der Waals surface area (Å²) < 4.78 is 6.14. The van der Waals surface area contributed by atoms with E-state index in [0.29, 0.717) is 6.54 Å². The van der Waals surface area contributed by atoms with E-state index in [1.54, 1.807) is 7.11 Å². The highest BCUT2D eigenvalue weighted by molar-refractivity contribution is 9.10. The van der Waals surface area contributed by atoms with E-state index in [0.717, 1.165) is 27.8 Å². The smallest absolute Gasteiger partial charge is 0.133 e. The average Bonchev–Trinajstić information content (AvgIpc) is 2.18. The molecule has 2 N–H and O–H groups in total. The first-order chi connectivity index (χ1) is 6.70. The molecule has 76 valence electrons. The van der Waals surface area contributed by atoms with Gasteiger partial charge in [-0.1, -0.05) is 18.7 Å². The molecule has 3 heteroatoms. The Kier molecular flexibility index (Phi) is 4.17. The Morgan fingerprint density at radius 3 is 2.86 bits per heavy atom. The number of benzene rings is 1. The van der Waals surface area contributed by atoms with Crippen molar-refractivity contribution in [1.29, 1.82) is 0 Å². The van der Waals surface area contributed by atoms with Crippen molar-refractivity contribution in [3.05, 3.63) is 34.8 Å². The van der Waals surface area contributed by atoms with E-state index in [4.69, 9.17) is 10.5 Å². The fourth-order valence-corrected chi connectivity index (χ4v) is 1.96. The first-order valence-electron chi connectivity index (χ1n) is 4.41. The lowest BCUT2D eigenvalue weighted by Gasteiger charge is -2.10. The van der Waals surface area contributed by atoms with Gasteiger partial charge in [0.05, 0.1) is 11.6 Å².